The van der Waals surface area contributed by atoms with E-state index in [0.717, 1.165) is 31.5 Å². The summed E-state index contributed by atoms with van der Waals surface area (Å²) in [4.78, 5) is 2.22. The summed E-state index contributed by atoms with van der Waals surface area (Å²) in [6.07, 6.45) is 6.27. The minimum Gasteiger partial charge on any atom is -0.309 e. The first-order valence-electron chi connectivity index (χ1n) is 5.12. The van der Waals surface area contributed by atoms with Gasteiger partial charge in [0.25, 0.3) is 0 Å². The third kappa shape index (κ3) is 2.34. The van der Waals surface area contributed by atoms with Crippen LogP contribution in [0.5, 0.6) is 0 Å². The maximum Gasteiger partial charge on any atom is 0.0847 e. The molecule has 1 N–H and O–H groups in total. The number of nitriles is 1. The van der Waals surface area contributed by atoms with Crippen LogP contribution in [0.2, 0.25) is 0 Å². The number of hydrogen-bond acceptors (Lipinski definition) is 3. The first-order chi connectivity index (χ1) is 7.18. The van der Waals surface area contributed by atoms with Crippen molar-refractivity contribution in [3.8, 4) is 6.07 Å². The average Bonchev–Trinajstić information content (AvgIpc) is 2.28. The second-order valence-electron chi connectivity index (χ2n) is 3.99. The molecule has 80 valence electrons. The van der Waals surface area contributed by atoms with Crippen LogP contribution in [-0.2, 0) is 0 Å². The second-order valence-corrected chi connectivity index (χ2v) is 3.99. The van der Waals surface area contributed by atoms with Crippen LogP contribution < -0.4 is 0 Å². The van der Waals surface area contributed by atoms with Crippen molar-refractivity contribution in [3.63, 3.8) is 0 Å². The third-order valence-electron chi connectivity index (χ3n) is 3.09. The fourth-order valence-corrected chi connectivity index (χ4v) is 1.98. The van der Waals surface area contributed by atoms with Crippen molar-refractivity contribution in [1.29, 1.82) is 10.7 Å². The molecule has 0 unspecified atom stereocenters. The Balaban J connectivity index is 2.95. The molecule has 0 aromatic rings. The smallest absolute Gasteiger partial charge is 0.0847 e. The van der Waals surface area contributed by atoms with E-state index >= 15 is 0 Å². The molecule has 1 aliphatic rings. The average molecular weight is 203 g/mol. The highest BCUT2D eigenvalue weighted by Crippen LogP contribution is 2.38. The van der Waals surface area contributed by atoms with Crippen molar-refractivity contribution in [2.45, 2.75) is 12.8 Å². The van der Waals surface area contributed by atoms with Gasteiger partial charge in [-0.25, -0.2) is 0 Å². The number of nitrogens with one attached hydrogen (secondary N) is 1. The Hall–Kier alpha value is -1.40. The highest BCUT2D eigenvalue weighted by molar-refractivity contribution is 5.70. The Kier molecular flexibility index (Phi) is 3.81. The van der Waals surface area contributed by atoms with Gasteiger partial charge in [0.2, 0.25) is 0 Å². The molecule has 0 radical (unpaired) electrons. The SMILES string of the molecule is C=C/C(=C\C=N)C1(C#N)CCN(C)CC1. The van der Waals surface area contributed by atoms with Crippen molar-refractivity contribution in [2.24, 2.45) is 5.41 Å². The Morgan fingerprint density at radius 3 is 2.53 bits per heavy atom. The molecule has 1 aliphatic heterocycles. The normalized spacial score (nSPS) is 21.7. The van der Waals surface area contributed by atoms with Gasteiger partial charge in [0, 0.05) is 6.21 Å². The number of hydrogen-bond donors (Lipinski definition) is 1. The molecule has 0 bridgehead atoms. The zero-order valence-corrected chi connectivity index (χ0v) is 9.16. The van der Waals surface area contributed by atoms with Gasteiger partial charge in [-0.3, -0.25) is 0 Å². The monoisotopic (exact) mass is 203 g/mol. The summed E-state index contributed by atoms with van der Waals surface area (Å²) in [5.74, 6) is 0. The van der Waals surface area contributed by atoms with Crippen LogP contribution >= 0.6 is 0 Å². The highest BCUT2D eigenvalue weighted by Gasteiger charge is 2.35. The lowest BCUT2D eigenvalue weighted by molar-refractivity contribution is 0.200. The van der Waals surface area contributed by atoms with Gasteiger partial charge in [0.1, 0.15) is 0 Å². The molecule has 1 rings (SSSR count). The van der Waals surface area contributed by atoms with Crippen molar-refractivity contribution in [3.05, 3.63) is 24.3 Å². The first-order valence-corrected chi connectivity index (χ1v) is 5.12. The minimum absolute atomic E-state index is 0.425. The second kappa shape index (κ2) is 4.90. The Labute approximate surface area is 91.2 Å². The maximum absolute atomic E-state index is 9.32. The summed E-state index contributed by atoms with van der Waals surface area (Å²) in [5.41, 5.74) is 0.458. The number of piperidine rings is 1. The van der Waals surface area contributed by atoms with E-state index in [-0.39, 0.29) is 0 Å². The molecule has 15 heavy (non-hydrogen) atoms. The summed E-state index contributed by atoms with van der Waals surface area (Å²) < 4.78 is 0. The van der Waals surface area contributed by atoms with E-state index in [2.05, 4.69) is 24.6 Å². The summed E-state index contributed by atoms with van der Waals surface area (Å²) in [6, 6.07) is 2.40. The summed E-state index contributed by atoms with van der Waals surface area (Å²) in [6.45, 7) is 5.59. The molecule has 0 aliphatic carbocycles. The lowest BCUT2D eigenvalue weighted by Crippen LogP contribution is -2.38. The predicted octanol–water partition coefficient (Wildman–Crippen LogP) is 1.98. The van der Waals surface area contributed by atoms with E-state index in [4.69, 9.17) is 5.41 Å². The molecule has 0 aromatic heterocycles. The molecule has 1 saturated heterocycles. The van der Waals surface area contributed by atoms with E-state index in [9.17, 15) is 5.26 Å². The zero-order chi connectivity index (χ0) is 11.3. The van der Waals surface area contributed by atoms with Crippen molar-refractivity contribution in [1.82, 2.24) is 4.90 Å². The molecule has 1 heterocycles. The number of rotatable bonds is 3. The lowest BCUT2D eigenvalue weighted by atomic mass is 9.73. The molecular weight excluding hydrogens is 186 g/mol. The Morgan fingerprint density at radius 1 is 1.53 bits per heavy atom. The van der Waals surface area contributed by atoms with Gasteiger partial charge < -0.3 is 10.3 Å². The molecule has 0 spiro atoms. The van der Waals surface area contributed by atoms with Crippen LogP contribution in [0.15, 0.2) is 24.3 Å². The molecule has 0 atom stereocenters. The van der Waals surface area contributed by atoms with Gasteiger partial charge in [0.05, 0.1) is 11.5 Å². The molecule has 0 amide bonds. The standard InChI is InChI=1S/C12H17N3/c1-3-11(4-7-13)12(10-14)5-8-15(2)9-6-12/h3-4,7,13H,1,5-6,8-9H2,2H3/b11-4+,13-7?. The number of allylic oxidation sites excluding steroid dienone is 3. The number of nitrogens with zero attached hydrogens (tertiary/aromatic N) is 2. The van der Waals surface area contributed by atoms with E-state index in [1.807, 2.05) is 0 Å². The van der Waals surface area contributed by atoms with Crippen LogP contribution in [0.25, 0.3) is 0 Å². The van der Waals surface area contributed by atoms with Crippen molar-refractivity contribution < 1.29 is 0 Å². The van der Waals surface area contributed by atoms with E-state index in [1.165, 1.54) is 6.21 Å². The van der Waals surface area contributed by atoms with Crippen molar-refractivity contribution in [2.75, 3.05) is 20.1 Å². The van der Waals surface area contributed by atoms with Crippen LogP contribution in [-0.4, -0.2) is 31.3 Å². The quantitative estimate of drug-likeness (QED) is 0.563. The largest absolute Gasteiger partial charge is 0.309 e. The van der Waals surface area contributed by atoms with E-state index in [1.54, 1.807) is 12.2 Å². The first kappa shape index (κ1) is 11.7. The summed E-state index contributed by atoms with van der Waals surface area (Å²) >= 11 is 0. The molecule has 3 heteroatoms. The van der Waals surface area contributed by atoms with Gasteiger partial charge in [-0.2, -0.15) is 5.26 Å². The maximum atomic E-state index is 9.32. The van der Waals surface area contributed by atoms with Crippen molar-refractivity contribution >= 4 is 6.21 Å². The molecule has 0 aromatic carbocycles. The summed E-state index contributed by atoms with van der Waals surface area (Å²) in [7, 11) is 2.06. The van der Waals surface area contributed by atoms with Crippen LogP contribution in [0.4, 0.5) is 0 Å². The Bertz CT molecular complexity index is 314. The predicted molar refractivity (Wildman–Crippen MR) is 61.8 cm³/mol. The molecular formula is C12H17N3. The molecule has 1 fully saturated rings. The lowest BCUT2D eigenvalue weighted by Gasteiger charge is -2.36. The highest BCUT2D eigenvalue weighted by atomic mass is 15.1. The van der Waals surface area contributed by atoms with Gasteiger partial charge in [-0.1, -0.05) is 12.7 Å². The minimum atomic E-state index is -0.425. The Morgan fingerprint density at radius 2 is 2.13 bits per heavy atom. The van der Waals surface area contributed by atoms with Gasteiger partial charge in [-0.05, 0) is 44.6 Å². The third-order valence-corrected chi connectivity index (χ3v) is 3.09. The van der Waals surface area contributed by atoms with E-state index < -0.39 is 5.41 Å². The summed E-state index contributed by atoms with van der Waals surface area (Å²) in [5, 5.41) is 16.4. The fourth-order valence-electron chi connectivity index (χ4n) is 1.98. The fraction of sp³-hybridized carbons (Fsp3) is 0.500. The van der Waals surface area contributed by atoms with Crippen LogP contribution in [0.3, 0.4) is 0 Å². The van der Waals surface area contributed by atoms with Gasteiger partial charge in [-0.15, -0.1) is 0 Å². The topological polar surface area (TPSA) is 50.9 Å². The zero-order valence-electron chi connectivity index (χ0n) is 9.16. The molecule has 0 saturated carbocycles. The van der Waals surface area contributed by atoms with Gasteiger partial charge >= 0.3 is 0 Å². The van der Waals surface area contributed by atoms with Crippen LogP contribution in [0.1, 0.15) is 12.8 Å². The molecule has 3 nitrogen and oxygen atoms in total. The van der Waals surface area contributed by atoms with Gasteiger partial charge in [0.15, 0.2) is 0 Å². The number of likely N-dealkylation sites (tertiary alicyclic amines) is 1. The van der Waals surface area contributed by atoms with E-state index in [0.29, 0.717) is 0 Å². The van der Waals surface area contributed by atoms with Crippen LogP contribution in [0, 0.1) is 22.2 Å².